The normalized spacial score (nSPS) is 29.7. The lowest BCUT2D eigenvalue weighted by molar-refractivity contribution is -0.148. The Labute approximate surface area is 181 Å². The predicted molar refractivity (Wildman–Crippen MR) is 115 cm³/mol. The number of nitrogens with one attached hydrogen (secondary N) is 1. The first kappa shape index (κ1) is 21.3. The molecule has 0 aliphatic heterocycles. The highest BCUT2D eigenvalue weighted by molar-refractivity contribution is 7.17. The van der Waals surface area contributed by atoms with E-state index in [0.29, 0.717) is 16.5 Å². The van der Waals surface area contributed by atoms with Gasteiger partial charge in [-0.2, -0.15) is 0 Å². The van der Waals surface area contributed by atoms with Crippen molar-refractivity contribution in [1.82, 2.24) is 0 Å². The summed E-state index contributed by atoms with van der Waals surface area (Å²) in [6, 6.07) is 0. The molecular weight excluding hydrogens is 402 g/mol. The highest BCUT2D eigenvalue weighted by atomic mass is 32.1. The molecule has 30 heavy (non-hydrogen) atoms. The number of rotatable bonds is 6. The van der Waals surface area contributed by atoms with E-state index in [1.165, 1.54) is 11.3 Å². The van der Waals surface area contributed by atoms with E-state index in [1.54, 1.807) is 0 Å². The van der Waals surface area contributed by atoms with Gasteiger partial charge in [0.25, 0.3) is 0 Å². The van der Waals surface area contributed by atoms with Gasteiger partial charge in [0.05, 0.1) is 23.5 Å². The van der Waals surface area contributed by atoms with E-state index in [2.05, 4.69) is 12.2 Å². The molecule has 1 heterocycles. The molecule has 1 aromatic rings. The van der Waals surface area contributed by atoms with Crippen LogP contribution in [-0.2, 0) is 27.2 Å². The van der Waals surface area contributed by atoms with E-state index >= 15 is 0 Å². The fourth-order valence-electron chi connectivity index (χ4n) is 5.80. The minimum Gasteiger partial charge on any atom is -0.481 e. The van der Waals surface area contributed by atoms with Gasteiger partial charge in [0.1, 0.15) is 5.00 Å². The number of aliphatic carboxylic acids is 1. The molecule has 2 fully saturated rings. The van der Waals surface area contributed by atoms with Crippen LogP contribution in [0.3, 0.4) is 0 Å². The van der Waals surface area contributed by atoms with Crippen molar-refractivity contribution in [3.63, 3.8) is 0 Å². The molecule has 0 unspecified atom stereocenters. The summed E-state index contributed by atoms with van der Waals surface area (Å²) >= 11 is 1.47. The third-order valence-corrected chi connectivity index (χ3v) is 8.40. The largest absolute Gasteiger partial charge is 0.481 e. The van der Waals surface area contributed by atoms with Gasteiger partial charge in [-0.15, -0.1) is 11.3 Å². The third-order valence-electron chi connectivity index (χ3n) is 7.23. The van der Waals surface area contributed by atoms with Crippen LogP contribution in [0, 0.1) is 29.6 Å². The van der Waals surface area contributed by atoms with Crippen molar-refractivity contribution >= 4 is 34.2 Å². The maximum atomic E-state index is 13.2. The summed E-state index contributed by atoms with van der Waals surface area (Å²) in [6.07, 6.45) is 6.23. The summed E-state index contributed by atoms with van der Waals surface area (Å²) < 4.78 is 5.49. The highest BCUT2D eigenvalue weighted by Crippen LogP contribution is 2.53. The number of thiophene rings is 1. The van der Waals surface area contributed by atoms with Crippen LogP contribution in [0.5, 0.6) is 0 Å². The van der Waals surface area contributed by atoms with E-state index < -0.39 is 23.8 Å². The average molecular weight is 434 g/mol. The van der Waals surface area contributed by atoms with Crippen LogP contribution in [0.1, 0.15) is 73.7 Å². The lowest BCUT2D eigenvalue weighted by atomic mass is 9.78. The molecule has 3 aliphatic carbocycles. The van der Waals surface area contributed by atoms with Crippen molar-refractivity contribution < 1.29 is 24.2 Å². The number of ether oxygens (including phenoxy) is 1. The van der Waals surface area contributed by atoms with Crippen molar-refractivity contribution in [1.29, 1.82) is 0 Å². The molecule has 0 aromatic carbocycles. The summed E-state index contributed by atoms with van der Waals surface area (Å²) in [5, 5.41) is 13.2. The first-order valence-corrected chi connectivity index (χ1v) is 12.0. The summed E-state index contributed by atoms with van der Waals surface area (Å²) in [5.74, 6) is -1.84. The fourth-order valence-corrected chi connectivity index (χ4v) is 7.15. The lowest BCUT2D eigenvalue weighted by Gasteiger charge is -2.27. The first-order chi connectivity index (χ1) is 14.3. The zero-order chi connectivity index (χ0) is 21.6. The molecule has 3 aliphatic rings. The van der Waals surface area contributed by atoms with Gasteiger partial charge in [0.15, 0.2) is 0 Å². The minimum absolute atomic E-state index is 0.0930. The first-order valence-electron chi connectivity index (χ1n) is 11.2. The van der Waals surface area contributed by atoms with Gasteiger partial charge in [-0.25, -0.2) is 4.79 Å². The second-order valence-corrected chi connectivity index (χ2v) is 10.5. The van der Waals surface area contributed by atoms with Crippen molar-refractivity contribution in [2.45, 2.75) is 71.8 Å². The summed E-state index contributed by atoms with van der Waals surface area (Å²) in [5.41, 5.74) is 1.50. The predicted octanol–water partition coefficient (Wildman–Crippen LogP) is 4.51. The van der Waals surface area contributed by atoms with Crippen LogP contribution in [0.2, 0.25) is 0 Å². The molecule has 1 aromatic heterocycles. The number of fused-ring (bicyclic) bond motifs is 3. The average Bonchev–Trinajstić information content (AvgIpc) is 3.38. The number of carbonyl (C=O) groups excluding carboxylic acids is 2. The smallest absolute Gasteiger partial charge is 0.341 e. The van der Waals surface area contributed by atoms with Gasteiger partial charge in [-0.05, 0) is 75.7 Å². The molecule has 2 saturated carbocycles. The number of carboxylic acids is 1. The molecule has 7 heteroatoms. The zero-order valence-electron chi connectivity index (χ0n) is 17.9. The number of carbonyl (C=O) groups is 3. The minimum atomic E-state index is -0.877. The van der Waals surface area contributed by atoms with Crippen LogP contribution in [0.25, 0.3) is 0 Å². The maximum absolute atomic E-state index is 13.2. The Hall–Kier alpha value is -1.89. The quantitative estimate of drug-likeness (QED) is 0.644. The number of hydrogen-bond donors (Lipinski definition) is 2. The summed E-state index contributed by atoms with van der Waals surface area (Å²) in [7, 11) is 0. The number of anilines is 1. The van der Waals surface area contributed by atoms with Crippen molar-refractivity contribution in [2.24, 2.45) is 29.6 Å². The molecule has 0 spiro atoms. The van der Waals surface area contributed by atoms with Gasteiger partial charge in [-0.1, -0.05) is 13.3 Å². The topological polar surface area (TPSA) is 92.7 Å². The lowest BCUT2D eigenvalue weighted by Crippen LogP contribution is -2.38. The molecule has 2 N–H and O–H groups in total. The molecular formula is C23H31NO5S. The molecule has 164 valence electrons. The zero-order valence-corrected chi connectivity index (χ0v) is 18.7. The number of amides is 1. The van der Waals surface area contributed by atoms with Gasteiger partial charge in [0.2, 0.25) is 5.91 Å². The molecule has 4 rings (SSSR count). The Morgan fingerprint density at radius 1 is 1.17 bits per heavy atom. The van der Waals surface area contributed by atoms with Crippen molar-refractivity contribution in [2.75, 3.05) is 5.32 Å². The SMILES string of the molecule is CC[C@@H]1CCc2c(sc(NC(=O)[C@H]3[C@@H]4CC[C@@H](C4)[C@@H]3C(=O)O)c2C(=O)OC(C)C)C1. The van der Waals surface area contributed by atoms with Gasteiger partial charge >= 0.3 is 11.9 Å². The number of carboxylic acid groups (broad SMARTS) is 1. The van der Waals surface area contributed by atoms with Crippen LogP contribution in [0.15, 0.2) is 0 Å². The monoisotopic (exact) mass is 433 g/mol. The summed E-state index contributed by atoms with van der Waals surface area (Å²) in [6.45, 7) is 5.81. The summed E-state index contributed by atoms with van der Waals surface area (Å²) in [4.78, 5) is 39.1. The second kappa shape index (κ2) is 8.33. The van der Waals surface area contributed by atoms with Gasteiger partial charge in [0, 0.05) is 4.88 Å². The van der Waals surface area contributed by atoms with Crippen LogP contribution in [0.4, 0.5) is 5.00 Å². The molecule has 1 amide bonds. The molecule has 0 radical (unpaired) electrons. The van der Waals surface area contributed by atoms with Crippen molar-refractivity contribution in [3.05, 3.63) is 16.0 Å². The van der Waals surface area contributed by atoms with Gasteiger partial charge in [-0.3, -0.25) is 9.59 Å². The van der Waals surface area contributed by atoms with E-state index in [1.807, 2.05) is 13.8 Å². The highest BCUT2D eigenvalue weighted by Gasteiger charge is 2.54. The Bertz CT molecular complexity index is 860. The number of esters is 1. The molecule has 5 atom stereocenters. The van der Waals surface area contributed by atoms with E-state index in [-0.39, 0.29) is 23.8 Å². The third kappa shape index (κ3) is 3.77. The van der Waals surface area contributed by atoms with Crippen molar-refractivity contribution in [3.8, 4) is 0 Å². The van der Waals surface area contributed by atoms with E-state index in [4.69, 9.17) is 4.74 Å². The second-order valence-electron chi connectivity index (χ2n) is 9.39. The van der Waals surface area contributed by atoms with Crippen LogP contribution < -0.4 is 5.32 Å². The number of hydrogen-bond acceptors (Lipinski definition) is 5. The Kier molecular flexibility index (Phi) is 5.93. The van der Waals surface area contributed by atoms with Crippen LogP contribution >= 0.6 is 11.3 Å². The Morgan fingerprint density at radius 2 is 1.87 bits per heavy atom. The molecule has 6 nitrogen and oxygen atoms in total. The van der Waals surface area contributed by atoms with E-state index in [0.717, 1.165) is 55.4 Å². The van der Waals surface area contributed by atoms with Gasteiger partial charge < -0.3 is 15.2 Å². The standard InChI is InChI=1S/C23H31NO5S/c1-4-12-5-8-15-16(9-12)30-21(19(15)23(28)29-11(2)3)24-20(25)17-13-6-7-14(10-13)18(17)22(26)27/h11-14,17-18H,4-10H2,1-3H3,(H,24,25)(H,26,27)/t12-,13-,14+,17+,18+/m1/s1. The Morgan fingerprint density at radius 3 is 2.50 bits per heavy atom. The maximum Gasteiger partial charge on any atom is 0.341 e. The van der Waals surface area contributed by atoms with Crippen LogP contribution in [-0.4, -0.2) is 29.1 Å². The Balaban J connectivity index is 1.63. The molecule has 2 bridgehead atoms. The van der Waals surface area contributed by atoms with E-state index in [9.17, 15) is 19.5 Å². The fraction of sp³-hybridized carbons (Fsp3) is 0.696. The molecule has 0 saturated heterocycles.